The van der Waals surface area contributed by atoms with Crippen LogP contribution in [0.1, 0.15) is 23.2 Å². The number of amides is 3. The molecule has 0 aromatic heterocycles. The Morgan fingerprint density at radius 3 is 2.55 bits per heavy atom. The van der Waals surface area contributed by atoms with E-state index in [4.69, 9.17) is 10.8 Å². The van der Waals surface area contributed by atoms with Gasteiger partial charge in [0, 0.05) is 18.7 Å². The topological polar surface area (TPSA) is 122 Å². The van der Waals surface area contributed by atoms with Crippen molar-refractivity contribution in [3.8, 4) is 0 Å². The first kappa shape index (κ1) is 15.4. The normalized spacial score (nSPS) is 9.85. The number of nitrogens with one attached hydrogen (secondary N) is 2. The Kier molecular flexibility index (Phi) is 5.45. The molecule has 0 aliphatic rings. The van der Waals surface area contributed by atoms with Crippen molar-refractivity contribution in [1.82, 2.24) is 5.32 Å². The predicted molar refractivity (Wildman–Crippen MR) is 68.8 cm³/mol. The number of anilines is 1. The van der Waals surface area contributed by atoms with Crippen LogP contribution in [0, 0.1) is 5.82 Å². The van der Waals surface area contributed by atoms with E-state index in [1.165, 1.54) is 6.07 Å². The van der Waals surface area contributed by atoms with Crippen LogP contribution in [0.25, 0.3) is 0 Å². The molecule has 0 spiro atoms. The molecular weight excluding hydrogens is 269 g/mol. The molecule has 0 atom stereocenters. The molecule has 0 fully saturated rings. The van der Waals surface area contributed by atoms with Gasteiger partial charge in [0.2, 0.25) is 5.91 Å². The first-order valence-corrected chi connectivity index (χ1v) is 5.76. The number of aromatic carboxylic acids is 1. The summed E-state index contributed by atoms with van der Waals surface area (Å²) in [7, 11) is 0. The van der Waals surface area contributed by atoms with Crippen molar-refractivity contribution in [2.24, 2.45) is 5.73 Å². The molecule has 0 bridgehead atoms. The molecule has 108 valence electrons. The molecule has 1 aromatic carbocycles. The Balaban J connectivity index is 2.48. The minimum absolute atomic E-state index is 0.125. The predicted octanol–water partition coefficient (Wildman–Crippen LogP) is 0.911. The van der Waals surface area contributed by atoms with Gasteiger partial charge in [0.05, 0.1) is 5.56 Å². The third kappa shape index (κ3) is 4.92. The van der Waals surface area contributed by atoms with Gasteiger partial charge in [-0.25, -0.2) is 14.0 Å². The van der Waals surface area contributed by atoms with Crippen molar-refractivity contribution in [3.05, 3.63) is 29.6 Å². The molecule has 0 aliphatic heterocycles. The molecule has 3 amide bonds. The number of carboxylic acid groups (broad SMARTS) is 1. The molecule has 0 saturated carbocycles. The maximum atomic E-state index is 13.3. The van der Waals surface area contributed by atoms with Gasteiger partial charge in [0.15, 0.2) is 0 Å². The maximum absolute atomic E-state index is 13.3. The molecule has 8 heteroatoms. The summed E-state index contributed by atoms with van der Waals surface area (Å²) in [5, 5.41) is 13.4. The van der Waals surface area contributed by atoms with E-state index in [1.54, 1.807) is 0 Å². The third-order valence-corrected chi connectivity index (χ3v) is 2.34. The highest BCUT2D eigenvalue weighted by atomic mass is 19.1. The summed E-state index contributed by atoms with van der Waals surface area (Å²) in [4.78, 5) is 32.5. The fourth-order valence-electron chi connectivity index (χ4n) is 1.41. The van der Waals surface area contributed by atoms with Gasteiger partial charge in [-0.2, -0.15) is 0 Å². The average Bonchev–Trinajstić information content (AvgIpc) is 2.34. The maximum Gasteiger partial charge on any atom is 0.338 e. The Labute approximate surface area is 114 Å². The van der Waals surface area contributed by atoms with Crippen LogP contribution in [-0.4, -0.2) is 29.6 Å². The number of rotatable bonds is 6. The van der Waals surface area contributed by atoms with E-state index in [2.05, 4.69) is 10.6 Å². The number of hydrogen-bond donors (Lipinski definition) is 4. The number of carbonyl (C=O) groups is 3. The van der Waals surface area contributed by atoms with Crippen LogP contribution in [0.2, 0.25) is 0 Å². The molecule has 0 heterocycles. The van der Waals surface area contributed by atoms with Gasteiger partial charge in [0.25, 0.3) is 0 Å². The van der Waals surface area contributed by atoms with Crippen LogP contribution in [-0.2, 0) is 4.79 Å². The smallest absolute Gasteiger partial charge is 0.338 e. The van der Waals surface area contributed by atoms with E-state index >= 15 is 0 Å². The number of nitrogens with two attached hydrogens (primary N) is 1. The zero-order valence-corrected chi connectivity index (χ0v) is 10.5. The molecule has 0 saturated heterocycles. The number of carbonyl (C=O) groups excluding carboxylic acids is 2. The number of urea groups is 1. The Hall–Kier alpha value is -2.64. The molecule has 7 nitrogen and oxygen atoms in total. The number of hydrogen-bond acceptors (Lipinski definition) is 3. The summed E-state index contributed by atoms with van der Waals surface area (Å²) in [5.74, 6) is -2.78. The monoisotopic (exact) mass is 283 g/mol. The van der Waals surface area contributed by atoms with Gasteiger partial charge in [-0.3, -0.25) is 4.79 Å². The van der Waals surface area contributed by atoms with Crippen LogP contribution in [0.4, 0.5) is 14.9 Å². The van der Waals surface area contributed by atoms with Gasteiger partial charge in [-0.1, -0.05) is 0 Å². The average molecular weight is 283 g/mol. The zero-order chi connectivity index (χ0) is 15.1. The summed E-state index contributed by atoms with van der Waals surface area (Å²) in [5.41, 5.74) is 4.58. The largest absolute Gasteiger partial charge is 0.478 e. The van der Waals surface area contributed by atoms with Crippen LogP contribution in [0.3, 0.4) is 0 Å². The Morgan fingerprint density at radius 1 is 1.30 bits per heavy atom. The van der Waals surface area contributed by atoms with E-state index in [0.29, 0.717) is 6.42 Å². The second-order valence-electron chi connectivity index (χ2n) is 3.95. The molecule has 0 aliphatic carbocycles. The van der Waals surface area contributed by atoms with Gasteiger partial charge >= 0.3 is 12.0 Å². The second-order valence-corrected chi connectivity index (χ2v) is 3.95. The summed E-state index contributed by atoms with van der Waals surface area (Å²) < 4.78 is 13.3. The highest BCUT2D eigenvalue weighted by Crippen LogP contribution is 2.14. The van der Waals surface area contributed by atoms with Crippen LogP contribution in [0.15, 0.2) is 18.2 Å². The summed E-state index contributed by atoms with van der Waals surface area (Å²) in [6.45, 7) is 0.241. The minimum atomic E-state index is -1.38. The lowest BCUT2D eigenvalue weighted by atomic mass is 10.2. The fraction of sp³-hybridized carbons (Fsp3) is 0.250. The standard InChI is InChI=1S/C12H14FN3O4/c13-9-6-7(3-4-8(9)11(18)19)16-12(20)15-5-1-2-10(14)17/h3-4,6H,1-2,5H2,(H2,14,17)(H,18,19)(H2,15,16,20). The second kappa shape index (κ2) is 7.07. The number of benzene rings is 1. The first-order valence-electron chi connectivity index (χ1n) is 5.76. The SMILES string of the molecule is NC(=O)CCCNC(=O)Nc1ccc(C(=O)O)c(F)c1. The number of carboxylic acids is 1. The minimum Gasteiger partial charge on any atom is -0.478 e. The van der Waals surface area contributed by atoms with E-state index in [0.717, 1.165) is 12.1 Å². The molecule has 20 heavy (non-hydrogen) atoms. The van der Waals surface area contributed by atoms with Crippen molar-refractivity contribution in [1.29, 1.82) is 0 Å². The number of primary amides is 1. The first-order chi connectivity index (χ1) is 9.40. The highest BCUT2D eigenvalue weighted by molar-refractivity contribution is 5.91. The molecule has 0 unspecified atom stereocenters. The molecule has 5 N–H and O–H groups in total. The zero-order valence-electron chi connectivity index (χ0n) is 10.5. The summed E-state index contributed by atoms with van der Waals surface area (Å²) >= 11 is 0. The lowest BCUT2D eigenvalue weighted by Crippen LogP contribution is -2.30. The van der Waals surface area contributed by atoms with Crippen molar-refractivity contribution in [2.75, 3.05) is 11.9 Å². The van der Waals surface area contributed by atoms with E-state index < -0.39 is 29.3 Å². The molecular formula is C12H14FN3O4. The molecule has 1 aromatic rings. The molecule has 1 rings (SSSR count). The summed E-state index contributed by atoms with van der Waals surface area (Å²) in [6, 6.07) is 2.65. The lowest BCUT2D eigenvalue weighted by molar-refractivity contribution is -0.118. The quantitative estimate of drug-likeness (QED) is 0.580. The Bertz CT molecular complexity index is 533. The third-order valence-electron chi connectivity index (χ3n) is 2.34. The highest BCUT2D eigenvalue weighted by Gasteiger charge is 2.11. The number of halogens is 1. The molecule has 0 radical (unpaired) electrons. The van der Waals surface area contributed by atoms with Crippen molar-refractivity contribution in [2.45, 2.75) is 12.8 Å². The van der Waals surface area contributed by atoms with Crippen LogP contribution < -0.4 is 16.4 Å². The van der Waals surface area contributed by atoms with Crippen LogP contribution in [0.5, 0.6) is 0 Å². The van der Waals surface area contributed by atoms with Gasteiger partial charge in [-0.15, -0.1) is 0 Å². The van der Waals surface area contributed by atoms with Gasteiger partial charge in [0.1, 0.15) is 5.82 Å². The van der Waals surface area contributed by atoms with Gasteiger partial charge < -0.3 is 21.5 Å². The van der Waals surface area contributed by atoms with E-state index in [-0.39, 0.29) is 18.7 Å². The van der Waals surface area contributed by atoms with E-state index in [9.17, 15) is 18.8 Å². The summed E-state index contributed by atoms with van der Waals surface area (Å²) in [6.07, 6.45) is 0.553. The van der Waals surface area contributed by atoms with Gasteiger partial charge in [-0.05, 0) is 24.6 Å². The Morgan fingerprint density at radius 2 is 2.00 bits per heavy atom. The van der Waals surface area contributed by atoms with Crippen molar-refractivity contribution >= 4 is 23.6 Å². The van der Waals surface area contributed by atoms with E-state index in [1.807, 2.05) is 0 Å². The van der Waals surface area contributed by atoms with Crippen molar-refractivity contribution < 1.29 is 23.9 Å². The fourth-order valence-corrected chi connectivity index (χ4v) is 1.41. The lowest BCUT2D eigenvalue weighted by Gasteiger charge is -2.08. The van der Waals surface area contributed by atoms with Crippen molar-refractivity contribution in [3.63, 3.8) is 0 Å². The van der Waals surface area contributed by atoms with Crippen LogP contribution >= 0.6 is 0 Å².